The van der Waals surface area contributed by atoms with Crippen molar-refractivity contribution < 1.29 is 37.9 Å². The van der Waals surface area contributed by atoms with Gasteiger partial charge in [-0.15, -0.1) is 10.2 Å². The van der Waals surface area contributed by atoms with E-state index < -0.39 is 43.2 Å². The fourth-order valence-corrected chi connectivity index (χ4v) is 7.31. The van der Waals surface area contributed by atoms with E-state index in [-0.39, 0.29) is 23.8 Å². The number of piperidine rings is 1. The summed E-state index contributed by atoms with van der Waals surface area (Å²) >= 11 is 7.60. The Morgan fingerprint density at radius 2 is 1.79 bits per heavy atom. The third-order valence-corrected chi connectivity index (χ3v) is 9.82. The Balaban J connectivity index is 1.78. The number of halogens is 1. The van der Waals surface area contributed by atoms with E-state index in [9.17, 15) is 19.6 Å². The molecule has 0 radical (unpaired) electrons. The maximum Gasteiger partial charge on any atom is 0.477 e. The second-order valence-electron chi connectivity index (χ2n) is 12.5. The highest BCUT2D eigenvalue weighted by molar-refractivity contribution is 7.48. The lowest BCUT2D eigenvalue weighted by Gasteiger charge is -2.37. The van der Waals surface area contributed by atoms with E-state index in [0.29, 0.717) is 41.8 Å². The molecule has 3 N–H and O–H groups in total. The number of hydrogen-bond acceptors (Lipinski definition) is 13. The standard InChI is InChI=1S/C26H44ClN6O8PS/c1-10-17-19(27)29-20(33(17)15-39-42(37,40-24(2,3)4)41-25(5,6)7)21(35)28-16-11-12-32(13-18(16)38-9)23-31-30-22(43-23)26(8,36)14-34/h16,18,34,36H,10-15H2,1-9H3,(H,28,35)/t16-,18+,26-/m1/s1. The van der Waals surface area contributed by atoms with Gasteiger partial charge >= 0.3 is 7.82 Å². The molecule has 1 fully saturated rings. The molecular formula is C26H44ClN6O8PS. The average Bonchev–Trinajstić information content (AvgIpc) is 3.50. The van der Waals surface area contributed by atoms with Gasteiger partial charge in [-0.25, -0.2) is 9.55 Å². The summed E-state index contributed by atoms with van der Waals surface area (Å²) in [6.07, 6.45) is 0.527. The summed E-state index contributed by atoms with van der Waals surface area (Å²) in [5, 5.41) is 32.0. The Hall–Kier alpha value is -1.68. The number of amides is 1. The first kappa shape index (κ1) is 35.8. The molecule has 0 aromatic carbocycles. The maximum atomic E-state index is 13.6. The Bertz CT molecular complexity index is 1290. The minimum Gasteiger partial charge on any atom is -0.393 e. The number of anilines is 1. The zero-order valence-electron chi connectivity index (χ0n) is 26.2. The van der Waals surface area contributed by atoms with Gasteiger partial charge in [-0.05, 0) is 61.3 Å². The summed E-state index contributed by atoms with van der Waals surface area (Å²) in [6.45, 7) is 13.8. The second-order valence-corrected chi connectivity index (χ2v) is 15.3. The van der Waals surface area contributed by atoms with Crippen LogP contribution in [0, 0.1) is 0 Å². The Labute approximate surface area is 261 Å². The predicted molar refractivity (Wildman–Crippen MR) is 162 cm³/mol. The highest BCUT2D eigenvalue weighted by Gasteiger charge is 2.39. The van der Waals surface area contributed by atoms with Crippen LogP contribution in [0.15, 0.2) is 0 Å². The van der Waals surface area contributed by atoms with Crippen molar-refractivity contribution in [2.75, 3.05) is 31.7 Å². The molecule has 1 saturated heterocycles. The minimum atomic E-state index is -4.08. The molecule has 0 spiro atoms. The quantitative estimate of drug-likeness (QED) is 0.280. The lowest BCUT2D eigenvalue weighted by Crippen LogP contribution is -2.55. The van der Waals surface area contributed by atoms with Crippen LogP contribution in [0.4, 0.5) is 5.13 Å². The van der Waals surface area contributed by atoms with Gasteiger partial charge in [0.15, 0.2) is 10.2 Å². The first-order valence-electron chi connectivity index (χ1n) is 14.0. The predicted octanol–water partition coefficient (Wildman–Crippen LogP) is 3.89. The molecule has 0 bridgehead atoms. The van der Waals surface area contributed by atoms with E-state index in [4.69, 9.17) is 29.9 Å². The average molecular weight is 667 g/mol. The van der Waals surface area contributed by atoms with Crippen molar-refractivity contribution in [2.24, 2.45) is 0 Å². The van der Waals surface area contributed by atoms with E-state index in [1.54, 1.807) is 48.7 Å². The molecule has 3 rings (SSSR count). The van der Waals surface area contributed by atoms with Gasteiger partial charge in [-0.1, -0.05) is 29.9 Å². The maximum absolute atomic E-state index is 13.6. The first-order valence-corrected chi connectivity index (χ1v) is 16.6. The topological polar surface area (TPSA) is 170 Å². The number of ether oxygens (including phenoxy) is 1. The third-order valence-electron chi connectivity index (χ3n) is 6.31. The lowest BCUT2D eigenvalue weighted by atomic mass is 10.0. The third kappa shape index (κ3) is 9.41. The lowest BCUT2D eigenvalue weighted by molar-refractivity contribution is -0.00684. The van der Waals surface area contributed by atoms with Gasteiger partial charge in [0.25, 0.3) is 5.91 Å². The van der Waals surface area contributed by atoms with Crippen LogP contribution in [0.3, 0.4) is 0 Å². The zero-order valence-corrected chi connectivity index (χ0v) is 28.7. The molecule has 2 aromatic heterocycles. The summed E-state index contributed by atoms with van der Waals surface area (Å²) in [6, 6.07) is -0.379. The monoisotopic (exact) mass is 666 g/mol. The number of hydrogen-bond donors (Lipinski definition) is 3. The number of aliphatic hydroxyl groups is 2. The molecule has 43 heavy (non-hydrogen) atoms. The molecule has 0 aliphatic carbocycles. The van der Waals surface area contributed by atoms with Gasteiger partial charge in [-0.3, -0.25) is 22.9 Å². The largest absolute Gasteiger partial charge is 0.477 e. The fraction of sp³-hybridized carbons (Fsp3) is 0.769. The van der Waals surface area contributed by atoms with Crippen LogP contribution in [0.2, 0.25) is 5.15 Å². The fourth-order valence-electron chi connectivity index (χ4n) is 4.33. The minimum absolute atomic E-state index is 0.0165. The Kier molecular flexibility index (Phi) is 11.5. The van der Waals surface area contributed by atoms with Gasteiger partial charge in [0.05, 0.1) is 35.6 Å². The molecule has 1 aliphatic rings. The molecule has 2 aromatic rings. The molecule has 1 aliphatic heterocycles. The molecular weight excluding hydrogens is 623 g/mol. The number of rotatable bonds is 12. The SMILES string of the molecule is CCc1c(Cl)nc(C(=O)N[C@@H]2CCN(c3nnc([C@](C)(O)CO)s3)C[C@@H]2OC)n1COP(=O)(OC(C)(C)C)OC(C)(C)C. The highest BCUT2D eigenvalue weighted by atomic mass is 35.5. The number of carbonyl (C=O) groups is 1. The Morgan fingerprint density at radius 1 is 1.16 bits per heavy atom. The molecule has 14 nitrogen and oxygen atoms in total. The molecule has 1 amide bonds. The number of nitrogens with one attached hydrogen (secondary N) is 1. The first-order chi connectivity index (χ1) is 19.8. The van der Waals surface area contributed by atoms with Crippen LogP contribution in [0.25, 0.3) is 0 Å². The van der Waals surface area contributed by atoms with E-state index in [2.05, 4.69) is 20.5 Å². The van der Waals surface area contributed by atoms with Gasteiger partial charge in [-0.2, -0.15) is 0 Å². The van der Waals surface area contributed by atoms with E-state index in [1.165, 1.54) is 22.8 Å². The van der Waals surface area contributed by atoms with Crippen molar-refractivity contribution in [3.8, 4) is 0 Å². The van der Waals surface area contributed by atoms with Crippen LogP contribution in [0.5, 0.6) is 0 Å². The number of methoxy groups -OCH3 is 1. The molecule has 17 heteroatoms. The van der Waals surface area contributed by atoms with Gasteiger partial charge in [0.1, 0.15) is 12.3 Å². The van der Waals surface area contributed by atoms with Crippen molar-refractivity contribution in [2.45, 2.75) is 104 Å². The van der Waals surface area contributed by atoms with Crippen molar-refractivity contribution in [3.05, 3.63) is 21.7 Å². The van der Waals surface area contributed by atoms with E-state index in [0.717, 1.165) is 0 Å². The Morgan fingerprint density at radius 3 is 2.33 bits per heavy atom. The van der Waals surface area contributed by atoms with E-state index in [1.807, 2.05) is 11.8 Å². The van der Waals surface area contributed by atoms with Gasteiger partial charge < -0.3 is 25.2 Å². The summed E-state index contributed by atoms with van der Waals surface area (Å²) in [7, 11) is -2.53. The molecule has 3 heterocycles. The number of carbonyl (C=O) groups excluding carboxylic acids is 1. The van der Waals surface area contributed by atoms with Crippen LogP contribution < -0.4 is 10.2 Å². The number of nitrogens with zero attached hydrogens (tertiary/aromatic N) is 5. The number of aromatic nitrogens is 4. The van der Waals surface area contributed by atoms with Crippen molar-refractivity contribution in [1.29, 1.82) is 0 Å². The number of aliphatic hydroxyl groups excluding tert-OH is 1. The number of phosphoric acid groups is 1. The highest BCUT2D eigenvalue weighted by Crippen LogP contribution is 2.55. The van der Waals surface area contributed by atoms with Crippen molar-refractivity contribution in [3.63, 3.8) is 0 Å². The van der Waals surface area contributed by atoms with Gasteiger partial charge in [0, 0.05) is 20.2 Å². The zero-order chi connectivity index (χ0) is 32.4. The van der Waals surface area contributed by atoms with Crippen molar-refractivity contribution in [1.82, 2.24) is 25.1 Å². The smallest absolute Gasteiger partial charge is 0.393 e. The van der Waals surface area contributed by atoms with Crippen LogP contribution in [-0.4, -0.2) is 86.0 Å². The summed E-state index contributed by atoms with van der Waals surface area (Å²) < 4.78 is 38.0. The summed E-state index contributed by atoms with van der Waals surface area (Å²) in [5.74, 6) is -0.525. The van der Waals surface area contributed by atoms with Gasteiger partial charge in [0.2, 0.25) is 11.0 Å². The molecule has 3 atom stereocenters. The van der Waals surface area contributed by atoms with Crippen molar-refractivity contribution >= 4 is 41.8 Å². The molecule has 0 saturated carbocycles. The van der Waals surface area contributed by atoms with Crippen LogP contribution in [0.1, 0.15) is 83.1 Å². The normalized spacial score (nSPS) is 19.9. The number of imidazole rings is 1. The summed E-state index contributed by atoms with van der Waals surface area (Å²) in [5.41, 5.74) is -2.64. The van der Waals surface area contributed by atoms with E-state index >= 15 is 0 Å². The van der Waals surface area contributed by atoms with Crippen LogP contribution in [-0.2, 0) is 41.6 Å². The molecule has 0 unspecified atom stereocenters. The second kappa shape index (κ2) is 13.8. The number of phosphoric ester groups is 1. The molecule has 244 valence electrons. The van der Waals surface area contributed by atoms with Crippen LogP contribution >= 0.6 is 30.8 Å². The summed E-state index contributed by atoms with van der Waals surface area (Å²) in [4.78, 5) is 19.8.